The molecule has 3 N–H and O–H groups in total. The molecule has 0 saturated heterocycles. The average Bonchev–Trinajstić information content (AvgIpc) is 3.03. The second-order valence-corrected chi connectivity index (χ2v) is 6.82. The first-order valence-electron chi connectivity index (χ1n) is 8.95. The third-order valence-corrected chi connectivity index (χ3v) is 4.82. The van der Waals surface area contributed by atoms with Crippen molar-refractivity contribution >= 4 is 11.7 Å². The number of carbonyl (C=O) groups excluding carboxylic acids is 1. The molecule has 2 heterocycles. The Balaban J connectivity index is 2.05. The molecule has 25 heavy (non-hydrogen) atoms. The number of rotatable bonds is 8. The molecule has 2 aromatic heterocycles. The summed E-state index contributed by atoms with van der Waals surface area (Å²) in [5.74, 6) is 0.806. The minimum absolute atomic E-state index is 0.0969. The van der Waals surface area contributed by atoms with Crippen LogP contribution in [-0.4, -0.2) is 37.9 Å². The van der Waals surface area contributed by atoms with Crippen molar-refractivity contribution in [1.29, 1.82) is 0 Å². The van der Waals surface area contributed by atoms with Gasteiger partial charge in [0.15, 0.2) is 11.5 Å². The second kappa shape index (κ2) is 8.29. The van der Waals surface area contributed by atoms with Gasteiger partial charge < -0.3 is 15.7 Å². The second-order valence-electron chi connectivity index (χ2n) is 6.82. The third-order valence-electron chi connectivity index (χ3n) is 4.82. The SMILES string of the molecule is CCCC(NC(=O)NCC(C)(O)C(C)CC)c1nnc2ccccn12. The quantitative estimate of drug-likeness (QED) is 0.684. The zero-order valence-corrected chi connectivity index (χ0v) is 15.5. The monoisotopic (exact) mass is 347 g/mol. The molecule has 3 atom stereocenters. The van der Waals surface area contributed by atoms with Gasteiger partial charge in [-0.1, -0.05) is 39.7 Å². The summed E-state index contributed by atoms with van der Waals surface area (Å²) in [5, 5.41) is 24.6. The highest BCUT2D eigenvalue weighted by Crippen LogP contribution is 2.20. The van der Waals surface area contributed by atoms with Gasteiger partial charge >= 0.3 is 6.03 Å². The topological polar surface area (TPSA) is 91.5 Å². The normalized spacial score (nSPS) is 16.2. The van der Waals surface area contributed by atoms with E-state index in [1.54, 1.807) is 6.92 Å². The predicted octanol–water partition coefficient (Wildman–Crippen LogP) is 2.67. The first kappa shape index (κ1) is 19.2. The molecule has 0 spiro atoms. The minimum atomic E-state index is -0.937. The predicted molar refractivity (Wildman–Crippen MR) is 97.2 cm³/mol. The smallest absolute Gasteiger partial charge is 0.315 e. The molecule has 0 aliphatic carbocycles. The van der Waals surface area contributed by atoms with Crippen LogP contribution >= 0.6 is 0 Å². The number of urea groups is 1. The Bertz CT molecular complexity index is 698. The van der Waals surface area contributed by atoms with Crippen LogP contribution in [0.2, 0.25) is 0 Å². The van der Waals surface area contributed by atoms with E-state index in [-0.39, 0.29) is 24.5 Å². The van der Waals surface area contributed by atoms with E-state index in [0.29, 0.717) is 5.82 Å². The standard InChI is InChI=1S/C18H29N5O2/c1-5-9-14(16-22-21-15-10-7-8-11-23(15)16)20-17(24)19-12-18(4,25)13(3)6-2/h7-8,10-11,13-14,25H,5-6,9,12H2,1-4H3,(H2,19,20,24). The Labute approximate surface area is 148 Å². The number of hydrogen-bond acceptors (Lipinski definition) is 4. The number of nitrogens with one attached hydrogen (secondary N) is 2. The first-order valence-corrected chi connectivity index (χ1v) is 8.95. The van der Waals surface area contributed by atoms with Crippen LogP contribution in [0.3, 0.4) is 0 Å². The number of nitrogens with zero attached hydrogens (tertiary/aromatic N) is 3. The van der Waals surface area contributed by atoms with E-state index < -0.39 is 5.60 Å². The number of fused-ring (bicyclic) bond motifs is 1. The zero-order valence-electron chi connectivity index (χ0n) is 15.5. The van der Waals surface area contributed by atoms with E-state index in [1.807, 2.05) is 42.6 Å². The summed E-state index contributed by atoms with van der Waals surface area (Å²) in [6.07, 6.45) is 4.39. The molecule has 2 rings (SSSR count). The lowest BCUT2D eigenvalue weighted by Gasteiger charge is -2.30. The van der Waals surface area contributed by atoms with Gasteiger partial charge in [0.05, 0.1) is 11.6 Å². The molecular formula is C18H29N5O2. The maximum Gasteiger partial charge on any atom is 0.315 e. The summed E-state index contributed by atoms with van der Waals surface area (Å²) in [4.78, 5) is 12.3. The molecule has 2 amide bonds. The van der Waals surface area contributed by atoms with Crippen LogP contribution in [0.1, 0.15) is 58.8 Å². The molecule has 3 unspecified atom stereocenters. The van der Waals surface area contributed by atoms with Crippen molar-refractivity contribution in [3.63, 3.8) is 0 Å². The highest BCUT2D eigenvalue weighted by molar-refractivity contribution is 5.74. The van der Waals surface area contributed by atoms with Crippen LogP contribution in [0, 0.1) is 5.92 Å². The Morgan fingerprint density at radius 3 is 2.80 bits per heavy atom. The molecule has 0 bridgehead atoms. The van der Waals surface area contributed by atoms with Gasteiger partial charge in [0, 0.05) is 12.7 Å². The summed E-state index contributed by atoms with van der Waals surface area (Å²) < 4.78 is 1.88. The molecule has 0 aromatic carbocycles. The molecule has 0 aliphatic heterocycles. The molecule has 0 saturated carbocycles. The van der Waals surface area contributed by atoms with Gasteiger partial charge in [-0.25, -0.2) is 4.79 Å². The van der Waals surface area contributed by atoms with E-state index in [0.717, 1.165) is 24.9 Å². The van der Waals surface area contributed by atoms with Crippen molar-refractivity contribution in [2.24, 2.45) is 5.92 Å². The fourth-order valence-electron chi connectivity index (χ4n) is 2.73. The zero-order chi connectivity index (χ0) is 18.4. The van der Waals surface area contributed by atoms with Gasteiger partial charge in [0.1, 0.15) is 0 Å². The number of amides is 2. The number of aliphatic hydroxyl groups is 1. The summed E-state index contributed by atoms with van der Waals surface area (Å²) in [6, 6.07) is 5.14. The van der Waals surface area contributed by atoms with Crippen molar-refractivity contribution in [1.82, 2.24) is 25.2 Å². The number of aromatic nitrogens is 3. The maximum absolute atomic E-state index is 12.3. The fourth-order valence-corrected chi connectivity index (χ4v) is 2.73. The van der Waals surface area contributed by atoms with Crippen LogP contribution < -0.4 is 10.6 Å². The average molecular weight is 347 g/mol. The summed E-state index contributed by atoms with van der Waals surface area (Å²) in [5.41, 5.74) is -0.186. The Morgan fingerprint density at radius 1 is 1.36 bits per heavy atom. The van der Waals surface area contributed by atoms with Gasteiger partial charge in [0.2, 0.25) is 0 Å². The number of pyridine rings is 1. The van der Waals surface area contributed by atoms with Crippen LogP contribution in [0.5, 0.6) is 0 Å². The minimum Gasteiger partial charge on any atom is -0.388 e. The molecule has 7 nitrogen and oxygen atoms in total. The molecular weight excluding hydrogens is 318 g/mol. The maximum atomic E-state index is 12.3. The van der Waals surface area contributed by atoms with Gasteiger partial charge in [-0.05, 0) is 31.4 Å². The summed E-state index contributed by atoms with van der Waals surface area (Å²) >= 11 is 0. The van der Waals surface area contributed by atoms with Crippen molar-refractivity contribution in [2.75, 3.05) is 6.54 Å². The highest BCUT2D eigenvalue weighted by atomic mass is 16.3. The molecule has 0 aliphatic rings. The Hall–Kier alpha value is -2.15. The summed E-state index contributed by atoms with van der Waals surface area (Å²) in [6.45, 7) is 8.00. The lowest BCUT2D eigenvalue weighted by Crippen LogP contribution is -2.48. The lowest BCUT2D eigenvalue weighted by molar-refractivity contribution is 0.00782. The van der Waals surface area contributed by atoms with E-state index in [4.69, 9.17) is 0 Å². The number of hydrogen-bond donors (Lipinski definition) is 3. The molecule has 7 heteroatoms. The third kappa shape index (κ3) is 4.69. The van der Waals surface area contributed by atoms with E-state index in [2.05, 4.69) is 27.8 Å². The molecule has 0 fully saturated rings. The van der Waals surface area contributed by atoms with Crippen molar-refractivity contribution in [3.05, 3.63) is 30.2 Å². The van der Waals surface area contributed by atoms with E-state index in [9.17, 15) is 9.90 Å². The van der Waals surface area contributed by atoms with E-state index in [1.165, 1.54) is 0 Å². The Morgan fingerprint density at radius 2 is 2.12 bits per heavy atom. The van der Waals surface area contributed by atoms with Crippen molar-refractivity contribution < 1.29 is 9.90 Å². The molecule has 138 valence electrons. The van der Waals surface area contributed by atoms with E-state index >= 15 is 0 Å². The fraction of sp³-hybridized carbons (Fsp3) is 0.611. The molecule has 2 aromatic rings. The van der Waals surface area contributed by atoms with Gasteiger partial charge in [-0.2, -0.15) is 0 Å². The highest BCUT2D eigenvalue weighted by Gasteiger charge is 2.28. The van der Waals surface area contributed by atoms with Crippen molar-refractivity contribution in [2.45, 2.75) is 58.6 Å². The first-order chi connectivity index (χ1) is 11.9. The Kier molecular flexibility index (Phi) is 6.36. The van der Waals surface area contributed by atoms with Crippen LogP contribution in [0.4, 0.5) is 4.79 Å². The van der Waals surface area contributed by atoms with Gasteiger partial charge in [-0.15, -0.1) is 10.2 Å². The van der Waals surface area contributed by atoms with Crippen LogP contribution in [-0.2, 0) is 0 Å². The molecule has 0 radical (unpaired) electrons. The lowest BCUT2D eigenvalue weighted by atomic mass is 9.89. The number of carbonyl (C=O) groups is 1. The summed E-state index contributed by atoms with van der Waals surface area (Å²) in [7, 11) is 0. The van der Waals surface area contributed by atoms with Gasteiger partial charge in [0.25, 0.3) is 0 Å². The van der Waals surface area contributed by atoms with Crippen molar-refractivity contribution in [3.8, 4) is 0 Å². The van der Waals surface area contributed by atoms with Crippen LogP contribution in [0.25, 0.3) is 5.65 Å². The largest absolute Gasteiger partial charge is 0.388 e. The van der Waals surface area contributed by atoms with Gasteiger partial charge in [-0.3, -0.25) is 4.40 Å². The van der Waals surface area contributed by atoms with Crippen LogP contribution in [0.15, 0.2) is 24.4 Å².